The van der Waals surface area contributed by atoms with Crippen LogP contribution < -0.4 is 15.2 Å². The Kier molecular flexibility index (Phi) is 4.28. The predicted molar refractivity (Wildman–Crippen MR) is 58.8 cm³/mol. The van der Waals surface area contributed by atoms with Crippen LogP contribution in [0.1, 0.15) is 5.56 Å². The molecule has 0 bridgehead atoms. The van der Waals surface area contributed by atoms with Crippen LogP contribution in [0.4, 0.5) is 4.39 Å². The van der Waals surface area contributed by atoms with Gasteiger partial charge in [0, 0.05) is 12.0 Å². The normalized spacial score (nSPS) is 12.0. The number of hydrogen-bond acceptors (Lipinski definition) is 4. The zero-order chi connectivity index (χ0) is 13.0. The summed E-state index contributed by atoms with van der Waals surface area (Å²) in [6.07, 6.45) is -0.0700. The molecular formula is C11H14FNO4. The van der Waals surface area contributed by atoms with Gasteiger partial charge in [0.05, 0.1) is 14.2 Å². The summed E-state index contributed by atoms with van der Waals surface area (Å²) >= 11 is 0. The second-order valence-electron chi connectivity index (χ2n) is 3.41. The Hall–Kier alpha value is -1.82. The number of aliphatic carboxylic acids is 1. The minimum Gasteiger partial charge on any atom is -0.496 e. The summed E-state index contributed by atoms with van der Waals surface area (Å²) in [6, 6.07) is 1.45. The molecule has 1 rings (SSSR count). The van der Waals surface area contributed by atoms with Gasteiger partial charge >= 0.3 is 5.97 Å². The molecule has 0 aliphatic carbocycles. The SMILES string of the molecule is COc1ccc(F)c(OC)c1CC(N)C(=O)O. The average Bonchev–Trinajstić information content (AvgIpc) is 2.29. The van der Waals surface area contributed by atoms with E-state index in [-0.39, 0.29) is 12.2 Å². The molecule has 1 aromatic carbocycles. The summed E-state index contributed by atoms with van der Waals surface area (Å²) < 4.78 is 23.4. The van der Waals surface area contributed by atoms with Crippen LogP contribution in [0.25, 0.3) is 0 Å². The number of methoxy groups -OCH3 is 2. The van der Waals surface area contributed by atoms with Gasteiger partial charge in [-0.15, -0.1) is 0 Å². The van der Waals surface area contributed by atoms with Crippen LogP contribution >= 0.6 is 0 Å². The molecule has 1 atom stereocenters. The Labute approximate surface area is 97.9 Å². The summed E-state index contributed by atoms with van der Waals surface area (Å²) in [5, 5.41) is 8.74. The standard InChI is InChI=1S/C11H14FNO4/c1-16-9-4-3-7(12)10(17-2)6(9)5-8(13)11(14)15/h3-4,8H,5,13H2,1-2H3,(H,14,15). The molecule has 0 heterocycles. The molecule has 17 heavy (non-hydrogen) atoms. The van der Waals surface area contributed by atoms with Crippen molar-refractivity contribution in [1.29, 1.82) is 0 Å². The van der Waals surface area contributed by atoms with Crippen molar-refractivity contribution < 1.29 is 23.8 Å². The molecule has 0 aromatic heterocycles. The molecule has 1 aromatic rings. The molecule has 0 aliphatic heterocycles. The van der Waals surface area contributed by atoms with E-state index in [1.807, 2.05) is 0 Å². The van der Waals surface area contributed by atoms with Gasteiger partial charge < -0.3 is 20.3 Å². The minimum atomic E-state index is -1.17. The van der Waals surface area contributed by atoms with Gasteiger partial charge in [-0.25, -0.2) is 4.39 Å². The predicted octanol–water partition coefficient (Wildman–Crippen LogP) is 0.797. The fourth-order valence-corrected chi connectivity index (χ4v) is 1.49. The third-order valence-corrected chi connectivity index (χ3v) is 2.33. The van der Waals surface area contributed by atoms with Gasteiger partial charge in [-0.3, -0.25) is 4.79 Å². The number of ether oxygens (including phenoxy) is 2. The zero-order valence-electron chi connectivity index (χ0n) is 9.57. The Morgan fingerprint density at radius 3 is 2.59 bits per heavy atom. The van der Waals surface area contributed by atoms with Crippen LogP contribution in [-0.2, 0) is 11.2 Å². The number of hydrogen-bond donors (Lipinski definition) is 2. The van der Waals surface area contributed by atoms with Gasteiger partial charge in [-0.1, -0.05) is 0 Å². The minimum absolute atomic E-state index is 0.0407. The van der Waals surface area contributed by atoms with Crippen LogP contribution in [0.5, 0.6) is 11.5 Å². The number of nitrogens with two attached hydrogens (primary N) is 1. The van der Waals surface area contributed by atoms with Crippen molar-refractivity contribution in [3.05, 3.63) is 23.5 Å². The van der Waals surface area contributed by atoms with Gasteiger partial charge in [0.1, 0.15) is 11.8 Å². The highest BCUT2D eigenvalue weighted by Gasteiger charge is 2.21. The third kappa shape index (κ3) is 2.85. The first-order chi connectivity index (χ1) is 8.01. The second-order valence-corrected chi connectivity index (χ2v) is 3.41. The van der Waals surface area contributed by atoms with E-state index in [2.05, 4.69) is 0 Å². The molecule has 0 fully saturated rings. The number of benzene rings is 1. The van der Waals surface area contributed by atoms with Gasteiger partial charge in [0.15, 0.2) is 11.6 Å². The van der Waals surface area contributed by atoms with Crippen LogP contribution in [0, 0.1) is 5.82 Å². The van der Waals surface area contributed by atoms with Crippen molar-refractivity contribution in [2.45, 2.75) is 12.5 Å². The molecule has 0 aliphatic rings. The van der Waals surface area contributed by atoms with Crippen molar-refractivity contribution in [2.75, 3.05) is 14.2 Å². The first-order valence-corrected chi connectivity index (χ1v) is 4.89. The molecule has 0 radical (unpaired) electrons. The summed E-state index contributed by atoms with van der Waals surface area (Å²) in [7, 11) is 2.70. The van der Waals surface area contributed by atoms with Crippen molar-refractivity contribution >= 4 is 5.97 Å². The molecule has 94 valence electrons. The maximum absolute atomic E-state index is 13.4. The Morgan fingerprint density at radius 2 is 2.12 bits per heavy atom. The quantitative estimate of drug-likeness (QED) is 0.799. The summed E-state index contributed by atoms with van der Waals surface area (Å²) in [5.74, 6) is -1.44. The van der Waals surface area contributed by atoms with E-state index >= 15 is 0 Å². The number of carbonyl (C=O) groups is 1. The summed E-state index contributed by atoms with van der Waals surface area (Å²) in [4.78, 5) is 10.7. The lowest BCUT2D eigenvalue weighted by Gasteiger charge is -2.15. The maximum Gasteiger partial charge on any atom is 0.320 e. The van der Waals surface area contributed by atoms with E-state index in [4.69, 9.17) is 20.3 Å². The summed E-state index contributed by atoms with van der Waals surface area (Å²) in [6.45, 7) is 0. The van der Waals surface area contributed by atoms with Gasteiger partial charge in [0.2, 0.25) is 0 Å². The smallest absolute Gasteiger partial charge is 0.320 e. The maximum atomic E-state index is 13.4. The number of halogens is 1. The molecule has 0 saturated heterocycles. The summed E-state index contributed by atoms with van der Waals surface area (Å²) in [5.41, 5.74) is 5.72. The molecule has 3 N–H and O–H groups in total. The van der Waals surface area contributed by atoms with E-state index < -0.39 is 17.8 Å². The van der Waals surface area contributed by atoms with E-state index in [9.17, 15) is 9.18 Å². The topological polar surface area (TPSA) is 81.8 Å². The largest absolute Gasteiger partial charge is 0.496 e. The molecule has 6 heteroatoms. The molecule has 5 nitrogen and oxygen atoms in total. The highest BCUT2D eigenvalue weighted by atomic mass is 19.1. The Balaban J connectivity index is 3.18. The third-order valence-electron chi connectivity index (χ3n) is 2.33. The van der Waals surface area contributed by atoms with E-state index in [1.165, 1.54) is 26.4 Å². The Bertz CT molecular complexity index is 422. The number of carboxylic acids is 1. The monoisotopic (exact) mass is 243 g/mol. The van der Waals surface area contributed by atoms with Gasteiger partial charge in [-0.2, -0.15) is 0 Å². The molecule has 0 amide bonds. The molecule has 0 spiro atoms. The highest BCUT2D eigenvalue weighted by molar-refractivity contribution is 5.74. The van der Waals surface area contributed by atoms with Crippen molar-refractivity contribution in [1.82, 2.24) is 0 Å². The lowest BCUT2D eigenvalue weighted by Crippen LogP contribution is -2.32. The van der Waals surface area contributed by atoms with Crippen LogP contribution in [0.3, 0.4) is 0 Å². The fourth-order valence-electron chi connectivity index (χ4n) is 1.49. The van der Waals surface area contributed by atoms with E-state index in [0.29, 0.717) is 11.3 Å². The van der Waals surface area contributed by atoms with Gasteiger partial charge in [0.25, 0.3) is 0 Å². The van der Waals surface area contributed by atoms with Crippen molar-refractivity contribution in [3.63, 3.8) is 0 Å². The Morgan fingerprint density at radius 1 is 1.47 bits per heavy atom. The average molecular weight is 243 g/mol. The van der Waals surface area contributed by atoms with Crippen LogP contribution in [0.2, 0.25) is 0 Å². The molecule has 1 unspecified atom stereocenters. The highest BCUT2D eigenvalue weighted by Crippen LogP contribution is 2.32. The lowest BCUT2D eigenvalue weighted by atomic mass is 10.0. The molecular weight excluding hydrogens is 229 g/mol. The first kappa shape index (κ1) is 13.2. The number of rotatable bonds is 5. The lowest BCUT2D eigenvalue weighted by molar-refractivity contribution is -0.138. The van der Waals surface area contributed by atoms with Crippen molar-refractivity contribution in [3.8, 4) is 11.5 Å². The number of carboxylic acid groups (broad SMARTS) is 1. The zero-order valence-corrected chi connectivity index (χ0v) is 9.57. The van der Waals surface area contributed by atoms with Crippen molar-refractivity contribution in [2.24, 2.45) is 5.73 Å². The second kappa shape index (κ2) is 5.49. The fraction of sp³-hybridized carbons (Fsp3) is 0.364. The molecule has 0 saturated carbocycles. The van der Waals surface area contributed by atoms with E-state index in [1.54, 1.807) is 0 Å². The first-order valence-electron chi connectivity index (χ1n) is 4.89. The van der Waals surface area contributed by atoms with Crippen LogP contribution in [-0.4, -0.2) is 31.3 Å². The van der Waals surface area contributed by atoms with Gasteiger partial charge in [-0.05, 0) is 12.1 Å². The van der Waals surface area contributed by atoms with E-state index in [0.717, 1.165) is 0 Å². The van der Waals surface area contributed by atoms with Crippen LogP contribution in [0.15, 0.2) is 12.1 Å².